The number of carbonyl (C=O) groups is 2. The van der Waals surface area contributed by atoms with Crippen LogP contribution in [-0.4, -0.2) is 39.1 Å². The summed E-state index contributed by atoms with van der Waals surface area (Å²) in [4.78, 5) is 25.8. The van der Waals surface area contributed by atoms with Crippen LogP contribution in [0.25, 0.3) is 11.1 Å². The van der Waals surface area contributed by atoms with Crippen LogP contribution in [0, 0.1) is 11.8 Å². The van der Waals surface area contributed by atoms with Gasteiger partial charge >= 0.3 is 11.9 Å². The summed E-state index contributed by atoms with van der Waals surface area (Å²) in [5.74, 6) is -0.771. The van der Waals surface area contributed by atoms with Crippen LogP contribution in [0.4, 0.5) is 0 Å². The van der Waals surface area contributed by atoms with E-state index in [2.05, 4.69) is 69.3 Å². The van der Waals surface area contributed by atoms with Gasteiger partial charge < -0.3 is 13.9 Å². The highest BCUT2D eigenvalue weighted by Crippen LogP contribution is 2.45. The third-order valence-electron chi connectivity index (χ3n) is 9.05. The number of ether oxygens (including phenoxy) is 2. The Labute approximate surface area is 255 Å². The Balaban J connectivity index is 1.28. The number of hydrogen-bond acceptors (Lipinski definition) is 5. The van der Waals surface area contributed by atoms with Gasteiger partial charge in [0.2, 0.25) is 0 Å². The van der Waals surface area contributed by atoms with E-state index in [-0.39, 0.29) is 34.9 Å². The quantitative estimate of drug-likeness (QED) is 0.175. The second-order valence-corrected chi connectivity index (χ2v) is 17.0. The largest absolute Gasteiger partial charge is 0.462 e. The fraction of sp³-hybridized carbons (Fsp3) is 0.297. The molecule has 6 heteroatoms. The Kier molecular flexibility index (Phi) is 8.08. The molecular weight excluding hydrogens is 552 g/mol. The number of hydrogen-bond donors (Lipinski definition) is 0. The molecule has 0 spiro atoms. The van der Waals surface area contributed by atoms with Crippen molar-refractivity contribution in [3.05, 3.63) is 121 Å². The van der Waals surface area contributed by atoms with Crippen molar-refractivity contribution in [2.24, 2.45) is 11.8 Å². The van der Waals surface area contributed by atoms with Crippen LogP contribution < -0.4 is 10.4 Å². The highest BCUT2D eigenvalue weighted by atomic mass is 28.4. The smallest absolute Gasteiger partial charge is 0.338 e. The van der Waals surface area contributed by atoms with Gasteiger partial charge in [-0.05, 0) is 38.7 Å². The van der Waals surface area contributed by atoms with E-state index in [0.29, 0.717) is 25.0 Å². The Morgan fingerprint density at radius 2 is 1.33 bits per heavy atom. The summed E-state index contributed by atoms with van der Waals surface area (Å²) in [6.45, 7) is 7.11. The van der Waals surface area contributed by atoms with E-state index >= 15 is 0 Å². The lowest BCUT2D eigenvalue weighted by atomic mass is 9.93. The van der Waals surface area contributed by atoms with Crippen LogP contribution in [0.3, 0.4) is 0 Å². The van der Waals surface area contributed by atoms with Crippen LogP contribution in [0.1, 0.15) is 44.0 Å². The average molecular weight is 591 g/mol. The number of fused-ring (bicyclic) bond motifs is 1. The fourth-order valence-corrected chi connectivity index (χ4v) is 11.5. The van der Waals surface area contributed by atoms with Gasteiger partial charge in [-0.15, -0.1) is 0 Å². The molecule has 4 aromatic carbocycles. The van der Waals surface area contributed by atoms with E-state index in [9.17, 15) is 9.59 Å². The second-order valence-electron chi connectivity index (χ2n) is 12.7. The molecule has 4 atom stereocenters. The van der Waals surface area contributed by atoms with E-state index < -0.39 is 14.4 Å². The van der Waals surface area contributed by atoms with Gasteiger partial charge in [-0.1, -0.05) is 124 Å². The molecule has 1 aliphatic carbocycles. The molecule has 1 saturated heterocycles. The summed E-state index contributed by atoms with van der Waals surface area (Å²) in [5.41, 5.74) is 2.63. The Morgan fingerprint density at radius 3 is 1.88 bits per heavy atom. The lowest BCUT2D eigenvalue weighted by molar-refractivity contribution is -0.141. The molecule has 1 saturated carbocycles. The van der Waals surface area contributed by atoms with Crippen molar-refractivity contribution in [1.82, 2.24) is 0 Å². The maximum absolute atomic E-state index is 13.4. The molecule has 5 nitrogen and oxygen atoms in total. The predicted molar refractivity (Wildman–Crippen MR) is 171 cm³/mol. The normalized spacial score (nSPS) is 21.7. The number of benzene rings is 4. The Hall–Kier alpha value is -4.00. The van der Waals surface area contributed by atoms with Gasteiger partial charge in [-0.2, -0.15) is 0 Å². The summed E-state index contributed by atoms with van der Waals surface area (Å²) >= 11 is 0. The van der Waals surface area contributed by atoms with Crippen LogP contribution in [0.15, 0.2) is 115 Å². The Morgan fingerprint density at radius 1 is 0.791 bits per heavy atom. The number of carbonyl (C=O) groups excluding carboxylic acids is 2. The van der Waals surface area contributed by atoms with Gasteiger partial charge in [0.1, 0.15) is 12.2 Å². The zero-order valence-electron chi connectivity index (χ0n) is 24.9. The summed E-state index contributed by atoms with van der Waals surface area (Å²) in [7, 11) is -2.82. The van der Waals surface area contributed by atoms with E-state index in [1.807, 2.05) is 66.7 Å². The van der Waals surface area contributed by atoms with E-state index in [4.69, 9.17) is 13.9 Å². The highest BCUT2D eigenvalue weighted by Gasteiger charge is 2.55. The molecule has 1 heterocycles. The summed E-state index contributed by atoms with van der Waals surface area (Å²) in [5, 5.41) is 2.19. The first kappa shape index (κ1) is 29.1. The van der Waals surface area contributed by atoms with E-state index in [1.54, 1.807) is 0 Å². The molecule has 6 rings (SSSR count). The summed E-state index contributed by atoms with van der Waals surface area (Å²) in [6, 6.07) is 38.6. The molecule has 2 fully saturated rings. The fourth-order valence-electron chi connectivity index (χ4n) is 6.94. The third kappa shape index (κ3) is 5.69. The molecule has 0 radical (unpaired) electrons. The van der Waals surface area contributed by atoms with Crippen molar-refractivity contribution >= 4 is 30.6 Å². The van der Waals surface area contributed by atoms with Crippen LogP contribution in [0.2, 0.25) is 5.04 Å². The monoisotopic (exact) mass is 590 g/mol. The predicted octanol–water partition coefficient (Wildman–Crippen LogP) is 6.41. The van der Waals surface area contributed by atoms with Crippen LogP contribution >= 0.6 is 0 Å². The molecule has 0 amide bonds. The van der Waals surface area contributed by atoms with Crippen molar-refractivity contribution in [3.8, 4) is 11.1 Å². The second kappa shape index (κ2) is 11.9. The van der Waals surface area contributed by atoms with Gasteiger partial charge in [0, 0.05) is 24.9 Å². The molecule has 4 aromatic rings. The van der Waals surface area contributed by atoms with Crippen LogP contribution in [0.5, 0.6) is 0 Å². The average Bonchev–Trinajstić information content (AvgIpc) is 3.53. The SMILES string of the molecule is CC(C)(C)[Si](OC[C@H]1[C@@H]2CC(=O)O[C@@H]2C[C@@H]1OC(=O)c1ccc(-c2ccccc2)cc1)(c1ccccc1)c1ccccc1. The molecule has 1 aliphatic heterocycles. The zero-order valence-corrected chi connectivity index (χ0v) is 25.9. The Bertz CT molecular complexity index is 1510. The van der Waals surface area contributed by atoms with Gasteiger partial charge in [-0.25, -0.2) is 4.79 Å². The molecule has 0 N–H and O–H groups in total. The van der Waals surface area contributed by atoms with Crippen molar-refractivity contribution in [2.45, 2.75) is 50.9 Å². The standard InChI is InChI=1S/C37H38O5Si/c1-37(2,3)43(29-15-9-5-10-16-29,30-17-11-6-12-18-30)40-25-32-31-23-35(38)41-33(31)24-34(32)42-36(39)28-21-19-27(20-22-28)26-13-7-4-8-14-26/h4-22,31-34H,23-25H2,1-3H3/t31-,32-,33+,34-/m0/s1. The third-order valence-corrected chi connectivity index (χ3v) is 14.1. The first-order chi connectivity index (χ1) is 20.8. The highest BCUT2D eigenvalue weighted by molar-refractivity contribution is 6.99. The van der Waals surface area contributed by atoms with E-state index in [1.165, 1.54) is 10.4 Å². The summed E-state index contributed by atoms with van der Waals surface area (Å²) < 4.78 is 19.1. The van der Waals surface area contributed by atoms with Gasteiger partial charge in [0.25, 0.3) is 8.32 Å². The maximum atomic E-state index is 13.4. The van der Waals surface area contributed by atoms with Crippen molar-refractivity contribution in [2.75, 3.05) is 6.61 Å². The molecule has 0 aromatic heterocycles. The number of esters is 2. The molecule has 0 unspecified atom stereocenters. The molecule has 0 bridgehead atoms. The zero-order chi connectivity index (χ0) is 30.0. The minimum Gasteiger partial charge on any atom is -0.462 e. The van der Waals surface area contributed by atoms with Crippen LogP contribution in [-0.2, 0) is 18.7 Å². The van der Waals surface area contributed by atoms with Crippen molar-refractivity contribution < 1.29 is 23.5 Å². The minimum absolute atomic E-state index is 0.0519. The van der Waals surface area contributed by atoms with Gasteiger partial charge in [0.15, 0.2) is 0 Å². The first-order valence-electron chi connectivity index (χ1n) is 15.1. The molecule has 2 aliphatic rings. The molecular formula is C37H38O5Si. The van der Waals surface area contributed by atoms with Crippen molar-refractivity contribution in [3.63, 3.8) is 0 Å². The van der Waals surface area contributed by atoms with Crippen molar-refractivity contribution in [1.29, 1.82) is 0 Å². The maximum Gasteiger partial charge on any atom is 0.338 e. The lowest BCUT2D eigenvalue weighted by Crippen LogP contribution is -2.67. The lowest BCUT2D eigenvalue weighted by Gasteiger charge is -2.44. The summed E-state index contributed by atoms with van der Waals surface area (Å²) in [6.07, 6.45) is 0.124. The first-order valence-corrected chi connectivity index (χ1v) is 17.0. The molecule has 43 heavy (non-hydrogen) atoms. The number of rotatable bonds is 8. The molecule has 220 valence electrons. The topological polar surface area (TPSA) is 61.8 Å². The minimum atomic E-state index is -2.82. The van der Waals surface area contributed by atoms with Gasteiger partial charge in [-0.3, -0.25) is 4.79 Å². The van der Waals surface area contributed by atoms with Gasteiger partial charge in [0.05, 0.1) is 12.0 Å². The van der Waals surface area contributed by atoms with E-state index in [0.717, 1.165) is 11.1 Å².